The summed E-state index contributed by atoms with van der Waals surface area (Å²) in [6.07, 6.45) is 59.0. The second-order valence-electron chi connectivity index (χ2n) is 36.2. The molecular formula is C104H129N3O3. The van der Waals surface area contributed by atoms with Gasteiger partial charge in [0.1, 0.15) is 0 Å². The summed E-state index contributed by atoms with van der Waals surface area (Å²) in [6.45, 7) is 12.8. The molecule has 578 valence electrons. The number of fused-ring (bicyclic) bond motifs is 3. The van der Waals surface area contributed by atoms with Crippen LogP contribution in [0.25, 0.3) is 18.2 Å². The molecule has 7 fully saturated rings. The van der Waals surface area contributed by atoms with Gasteiger partial charge in [0.15, 0.2) is 0 Å². The zero-order chi connectivity index (χ0) is 74.4. The van der Waals surface area contributed by atoms with E-state index in [2.05, 4.69) is 231 Å². The van der Waals surface area contributed by atoms with Gasteiger partial charge < -0.3 is 30.2 Å². The number of rotatable bonds is 22. The van der Waals surface area contributed by atoms with Crippen molar-refractivity contribution in [1.82, 2.24) is 0 Å². The number of anilines is 3. The first-order valence-corrected chi connectivity index (χ1v) is 44.3. The first-order chi connectivity index (χ1) is 54.1. The maximum atomic E-state index is 5.55. The first-order valence-electron chi connectivity index (χ1n) is 44.3. The number of hydrogen-bond donors (Lipinski definition) is 3. The molecule has 4 saturated carbocycles. The van der Waals surface area contributed by atoms with Crippen molar-refractivity contribution < 1.29 is 14.2 Å². The molecule has 3 saturated heterocycles. The highest BCUT2D eigenvalue weighted by Gasteiger charge is 2.33. The predicted molar refractivity (Wildman–Crippen MR) is 463 cm³/mol. The number of allylic oxidation sites excluding steroid dienone is 7. The van der Waals surface area contributed by atoms with E-state index in [-0.39, 0.29) is 0 Å². The monoisotopic (exact) mass is 1470 g/mol. The molecule has 11 aliphatic rings. The summed E-state index contributed by atoms with van der Waals surface area (Å²) in [5, 5.41) is 11.9. The molecule has 6 heteroatoms. The van der Waals surface area contributed by atoms with E-state index in [9.17, 15) is 0 Å². The van der Waals surface area contributed by atoms with E-state index in [0.717, 1.165) is 113 Å². The molecule has 7 aromatic rings. The maximum absolute atomic E-state index is 5.55. The van der Waals surface area contributed by atoms with Gasteiger partial charge in [0.2, 0.25) is 0 Å². The van der Waals surface area contributed by atoms with E-state index < -0.39 is 0 Å². The third-order valence-electron chi connectivity index (χ3n) is 27.8. The molecule has 3 atom stereocenters. The standard InChI is InChI=1S/C36H43NO.C34H45NO.C34H41NO/c1-26-7-14-33(15-8-26)37-34-24-32(23-29-11-9-28(10-12-29)21-30-17-19-38-20-18-30)35-16-13-31(36(35)25-34)22-27-5-3-2-4-6-27;2*1-24-6-12-30(13-7-24)35-31-22-29(33-15-14-32(34(33)23-31)28-4-2-3-5-28)21-26-10-8-25(9-11-26)20-27-16-18-36-19-17-27/h2-6,9-13,16,24-26,30-31,33,37H,7-8,14-15,17-23H2,1H3;8-11,14-15,22-24,27-28,30,32,35H,2-7,12-13,16-21H2,1H3;2,4-5,8-11,14-15,22-24,27,30,32,35H,3,6-7,12-13,16-21H2,1H3. The molecule has 3 heterocycles. The summed E-state index contributed by atoms with van der Waals surface area (Å²) >= 11 is 0. The fourth-order valence-electron chi connectivity index (χ4n) is 20.9. The Morgan fingerprint density at radius 2 is 0.709 bits per heavy atom. The molecule has 7 aromatic carbocycles. The van der Waals surface area contributed by atoms with Crippen molar-refractivity contribution in [2.75, 3.05) is 55.6 Å². The Balaban J connectivity index is 0.000000125. The van der Waals surface area contributed by atoms with Gasteiger partial charge in [-0.1, -0.05) is 191 Å². The van der Waals surface area contributed by atoms with E-state index in [4.69, 9.17) is 14.2 Å². The van der Waals surface area contributed by atoms with Crippen molar-refractivity contribution in [3.8, 4) is 0 Å². The van der Waals surface area contributed by atoms with Crippen LogP contribution in [-0.4, -0.2) is 57.8 Å². The summed E-state index contributed by atoms with van der Waals surface area (Å²) in [6, 6.07) is 56.1. The van der Waals surface area contributed by atoms with Crippen LogP contribution in [-0.2, 0) is 59.2 Å². The lowest BCUT2D eigenvalue weighted by atomic mass is 9.84. The zero-order valence-corrected chi connectivity index (χ0v) is 67.2. The van der Waals surface area contributed by atoms with Crippen LogP contribution < -0.4 is 16.0 Å². The van der Waals surface area contributed by atoms with Crippen molar-refractivity contribution in [3.63, 3.8) is 0 Å². The van der Waals surface area contributed by atoms with Gasteiger partial charge >= 0.3 is 0 Å². The van der Waals surface area contributed by atoms with Gasteiger partial charge in [-0.05, 0) is 352 Å². The summed E-state index contributed by atoms with van der Waals surface area (Å²) in [5.41, 5.74) is 28.9. The summed E-state index contributed by atoms with van der Waals surface area (Å²) in [5.74, 6) is 7.28. The minimum absolute atomic E-state index is 0.396. The topological polar surface area (TPSA) is 63.8 Å². The molecule has 0 aromatic heterocycles. The third-order valence-corrected chi connectivity index (χ3v) is 27.8. The zero-order valence-electron chi connectivity index (χ0n) is 67.2. The summed E-state index contributed by atoms with van der Waals surface area (Å²) in [4.78, 5) is 0. The molecule has 0 radical (unpaired) electrons. The molecule has 18 rings (SSSR count). The average molecular weight is 1470 g/mol. The fourth-order valence-corrected chi connectivity index (χ4v) is 20.9. The van der Waals surface area contributed by atoms with Crippen LogP contribution in [0.15, 0.2) is 182 Å². The molecule has 8 aliphatic carbocycles. The van der Waals surface area contributed by atoms with Gasteiger partial charge in [0.05, 0.1) is 0 Å². The van der Waals surface area contributed by atoms with E-state index >= 15 is 0 Å². The maximum Gasteiger partial charge on any atom is 0.0468 e. The van der Waals surface area contributed by atoms with Gasteiger partial charge in [-0.15, -0.1) is 0 Å². The van der Waals surface area contributed by atoms with Crippen LogP contribution in [0.3, 0.4) is 0 Å². The molecule has 3 N–H and O–H groups in total. The van der Waals surface area contributed by atoms with Gasteiger partial charge in [0.25, 0.3) is 0 Å². The number of nitrogens with one attached hydrogen (secondary N) is 3. The van der Waals surface area contributed by atoms with Gasteiger partial charge in [0, 0.05) is 92.6 Å². The van der Waals surface area contributed by atoms with E-state index in [1.165, 1.54) is 267 Å². The van der Waals surface area contributed by atoms with E-state index in [1.807, 2.05) is 0 Å². The Bertz CT molecular complexity index is 4260. The normalized spacial score (nSPS) is 25.3. The average Bonchev–Trinajstić information content (AvgIpc) is 1.62. The second-order valence-corrected chi connectivity index (χ2v) is 36.2. The SMILES string of the molecule is CC1CCC(Nc2cc(Cc3ccc(CC4CCOCC4)cc3)c3c(c2)C(C2=CCC=C2)C=C3)CC1.CC1CCC(Nc2cc(Cc3ccc(CC4CCOCC4)cc3)c3c(c2)C(C2CCCC2)C=C3)CC1.CC1CCC(Nc2cc(Cc3ccc(CC4CCOCC4)cc3)c3c(c2)C(Cc2ccccc2)C=C3)CC1. The van der Waals surface area contributed by atoms with Crippen LogP contribution in [0.2, 0.25) is 0 Å². The predicted octanol–water partition coefficient (Wildman–Crippen LogP) is 25.4. The van der Waals surface area contributed by atoms with Crippen LogP contribution in [0.1, 0.15) is 275 Å². The van der Waals surface area contributed by atoms with Crippen molar-refractivity contribution in [3.05, 3.63) is 271 Å². The molecule has 6 nitrogen and oxygen atoms in total. The molecule has 3 unspecified atom stereocenters. The molecule has 110 heavy (non-hydrogen) atoms. The van der Waals surface area contributed by atoms with E-state index in [0.29, 0.717) is 35.9 Å². The minimum atomic E-state index is 0.396. The minimum Gasteiger partial charge on any atom is -0.382 e. The summed E-state index contributed by atoms with van der Waals surface area (Å²) in [7, 11) is 0. The highest BCUT2D eigenvalue weighted by molar-refractivity contribution is 5.75. The van der Waals surface area contributed by atoms with Crippen molar-refractivity contribution in [2.45, 2.75) is 249 Å². The van der Waals surface area contributed by atoms with Crippen LogP contribution in [0.5, 0.6) is 0 Å². The van der Waals surface area contributed by atoms with Crippen molar-refractivity contribution >= 4 is 35.3 Å². The van der Waals surface area contributed by atoms with E-state index in [1.54, 1.807) is 5.56 Å². The van der Waals surface area contributed by atoms with Gasteiger partial charge in [-0.25, -0.2) is 0 Å². The van der Waals surface area contributed by atoms with Crippen LogP contribution in [0, 0.1) is 41.4 Å². The molecule has 0 amide bonds. The summed E-state index contributed by atoms with van der Waals surface area (Å²) < 4.78 is 16.6. The Morgan fingerprint density at radius 3 is 1.14 bits per heavy atom. The molecular weight excluding hydrogens is 1340 g/mol. The Kier molecular flexibility index (Phi) is 26.0. The fraction of sp³-hybridized carbons (Fsp3) is 0.500. The second kappa shape index (κ2) is 37.4. The largest absolute Gasteiger partial charge is 0.382 e. The Labute approximate surface area is 662 Å². The number of ether oxygens (including phenoxy) is 3. The van der Waals surface area contributed by atoms with Gasteiger partial charge in [-0.2, -0.15) is 0 Å². The molecule has 3 aliphatic heterocycles. The van der Waals surface area contributed by atoms with Gasteiger partial charge in [-0.3, -0.25) is 0 Å². The smallest absolute Gasteiger partial charge is 0.0468 e. The van der Waals surface area contributed by atoms with Crippen LogP contribution in [0.4, 0.5) is 17.1 Å². The number of benzene rings is 7. The van der Waals surface area contributed by atoms with Crippen molar-refractivity contribution in [1.29, 1.82) is 0 Å². The lowest BCUT2D eigenvalue weighted by molar-refractivity contribution is 0.0664. The Hall–Kier alpha value is -7.48. The molecule has 0 bridgehead atoms. The lowest BCUT2D eigenvalue weighted by Crippen LogP contribution is -2.25. The van der Waals surface area contributed by atoms with Crippen LogP contribution >= 0.6 is 0 Å². The highest BCUT2D eigenvalue weighted by Crippen LogP contribution is 2.47. The lowest BCUT2D eigenvalue weighted by Gasteiger charge is -2.29. The van der Waals surface area contributed by atoms with Crippen molar-refractivity contribution in [2.24, 2.45) is 41.4 Å². The highest BCUT2D eigenvalue weighted by atomic mass is 16.5. The third kappa shape index (κ3) is 20.3. The molecule has 0 spiro atoms. The first kappa shape index (κ1) is 76.5. The Morgan fingerprint density at radius 1 is 0.336 bits per heavy atom. The number of hydrogen-bond acceptors (Lipinski definition) is 6. The quantitative estimate of drug-likeness (QED) is 0.0629.